The van der Waals surface area contributed by atoms with Crippen LogP contribution in [0.25, 0.3) is 5.69 Å². The molecule has 0 N–H and O–H groups in total. The van der Waals surface area contributed by atoms with Crippen molar-refractivity contribution < 1.29 is 9.13 Å². The number of rotatable bonds is 6. The van der Waals surface area contributed by atoms with Gasteiger partial charge in [-0.3, -0.25) is 4.57 Å². The summed E-state index contributed by atoms with van der Waals surface area (Å²) in [7, 11) is 1.59. The van der Waals surface area contributed by atoms with E-state index in [0.717, 1.165) is 11.3 Å². The van der Waals surface area contributed by atoms with Gasteiger partial charge in [0.05, 0.1) is 15.7 Å². The molecule has 0 aliphatic rings. The van der Waals surface area contributed by atoms with E-state index in [1.807, 2.05) is 16.7 Å². The number of hydrogen-bond donors (Lipinski definition) is 0. The third-order valence-corrected chi connectivity index (χ3v) is 5.13. The maximum Gasteiger partial charge on any atom is 0.196 e. The minimum absolute atomic E-state index is 0.260. The van der Waals surface area contributed by atoms with Crippen molar-refractivity contribution >= 4 is 35.0 Å². The summed E-state index contributed by atoms with van der Waals surface area (Å²) in [6.07, 6.45) is 0. The number of methoxy groups -OCH3 is 1. The van der Waals surface area contributed by atoms with Crippen molar-refractivity contribution in [2.45, 2.75) is 17.5 Å². The van der Waals surface area contributed by atoms with E-state index in [1.165, 1.54) is 23.9 Å². The fraction of sp³-hybridized carbons (Fsp3) is 0.176. The first-order valence-electron chi connectivity index (χ1n) is 7.34. The van der Waals surface area contributed by atoms with Gasteiger partial charge in [0.1, 0.15) is 12.4 Å². The summed E-state index contributed by atoms with van der Waals surface area (Å²) < 4.78 is 20.4. The van der Waals surface area contributed by atoms with Gasteiger partial charge in [-0.15, -0.1) is 10.2 Å². The van der Waals surface area contributed by atoms with Crippen LogP contribution in [0.4, 0.5) is 4.39 Å². The van der Waals surface area contributed by atoms with Gasteiger partial charge in [-0.2, -0.15) is 0 Å². The van der Waals surface area contributed by atoms with Crippen LogP contribution in [0.3, 0.4) is 0 Å². The first-order valence-corrected chi connectivity index (χ1v) is 9.08. The Kier molecular flexibility index (Phi) is 5.96. The van der Waals surface area contributed by atoms with Gasteiger partial charge < -0.3 is 4.74 Å². The molecule has 0 amide bonds. The molecule has 0 aliphatic heterocycles. The monoisotopic (exact) mass is 397 g/mol. The Bertz CT molecular complexity index is 888. The van der Waals surface area contributed by atoms with Gasteiger partial charge in [0.25, 0.3) is 0 Å². The van der Waals surface area contributed by atoms with Crippen molar-refractivity contribution in [1.82, 2.24) is 14.8 Å². The second kappa shape index (κ2) is 8.19. The molecule has 1 aromatic heterocycles. The zero-order valence-corrected chi connectivity index (χ0v) is 15.6. The standard InChI is InChI=1S/C17H14Cl2FN3OS/c1-24-9-16-21-22-17(25-10-11-3-2-4-12(20)7-11)23(16)13-5-6-14(18)15(19)8-13/h2-8H,9-10H2,1H3. The van der Waals surface area contributed by atoms with Crippen LogP contribution in [0, 0.1) is 5.82 Å². The van der Waals surface area contributed by atoms with E-state index in [4.69, 9.17) is 27.9 Å². The molecule has 0 aliphatic carbocycles. The van der Waals surface area contributed by atoms with Crippen molar-refractivity contribution in [1.29, 1.82) is 0 Å². The van der Waals surface area contributed by atoms with E-state index >= 15 is 0 Å². The number of ether oxygens (including phenoxy) is 1. The van der Waals surface area contributed by atoms with Crippen LogP contribution >= 0.6 is 35.0 Å². The highest BCUT2D eigenvalue weighted by Crippen LogP contribution is 2.29. The lowest BCUT2D eigenvalue weighted by Crippen LogP contribution is -2.04. The maximum atomic E-state index is 13.3. The normalized spacial score (nSPS) is 11.0. The van der Waals surface area contributed by atoms with E-state index < -0.39 is 0 Å². The van der Waals surface area contributed by atoms with Crippen molar-refractivity contribution in [2.75, 3.05) is 7.11 Å². The average molecular weight is 398 g/mol. The van der Waals surface area contributed by atoms with Crippen molar-refractivity contribution in [3.8, 4) is 5.69 Å². The highest BCUT2D eigenvalue weighted by atomic mass is 35.5. The Balaban J connectivity index is 1.92. The third-order valence-electron chi connectivity index (χ3n) is 3.39. The molecule has 2 aromatic carbocycles. The van der Waals surface area contributed by atoms with Crippen LogP contribution < -0.4 is 0 Å². The first-order chi connectivity index (χ1) is 12.1. The Morgan fingerprint density at radius 1 is 1.12 bits per heavy atom. The number of hydrogen-bond acceptors (Lipinski definition) is 4. The number of nitrogens with zero attached hydrogens (tertiary/aromatic N) is 3. The molecule has 0 saturated carbocycles. The Hall–Kier alpha value is -1.60. The van der Waals surface area contributed by atoms with Gasteiger partial charge in [-0.25, -0.2) is 4.39 Å². The molecule has 0 fully saturated rings. The first kappa shape index (κ1) is 18.2. The number of aromatic nitrogens is 3. The summed E-state index contributed by atoms with van der Waals surface area (Å²) in [6.45, 7) is 0.299. The zero-order chi connectivity index (χ0) is 17.8. The Morgan fingerprint density at radius 3 is 2.68 bits per heavy atom. The quantitative estimate of drug-likeness (QED) is 0.539. The SMILES string of the molecule is COCc1nnc(SCc2cccc(F)c2)n1-c1ccc(Cl)c(Cl)c1. The largest absolute Gasteiger partial charge is 0.377 e. The molecule has 3 aromatic rings. The molecule has 3 rings (SSSR count). The Morgan fingerprint density at radius 2 is 1.96 bits per heavy atom. The molecular formula is C17H14Cl2FN3OS. The molecule has 0 saturated heterocycles. The number of halogens is 3. The molecule has 8 heteroatoms. The fourth-order valence-corrected chi connectivity index (χ4v) is 3.48. The van der Waals surface area contributed by atoms with Gasteiger partial charge in [0.15, 0.2) is 11.0 Å². The van der Waals surface area contributed by atoms with Crippen LogP contribution in [-0.2, 0) is 17.1 Å². The smallest absolute Gasteiger partial charge is 0.196 e. The maximum absolute atomic E-state index is 13.3. The van der Waals surface area contributed by atoms with Crippen LogP contribution in [0.1, 0.15) is 11.4 Å². The summed E-state index contributed by atoms with van der Waals surface area (Å²) in [5.41, 5.74) is 1.65. The molecule has 0 bridgehead atoms. The minimum Gasteiger partial charge on any atom is -0.377 e. The molecule has 130 valence electrons. The van der Waals surface area contributed by atoms with Gasteiger partial charge in [-0.1, -0.05) is 47.1 Å². The van der Waals surface area contributed by atoms with E-state index in [1.54, 1.807) is 25.3 Å². The van der Waals surface area contributed by atoms with Crippen LogP contribution in [0.15, 0.2) is 47.6 Å². The van der Waals surface area contributed by atoms with Crippen molar-refractivity contribution in [2.24, 2.45) is 0 Å². The van der Waals surface area contributed by atoms with Crippen molar-refractivity contribution in [3.63, 3.8) is 0 Å². The summed E-state index contributed by atoms with van der Waals surface area (Å²) in [4.78, 5) is 0. The average Bonchev–Trinajstić information content (AvgIpc) is 2.99. The molecule has 0 radical (unpaired) electrons. The highest BCUT2D eigenvalue weighted by Gasteiger charge is 2.15. The summed E-state index contributed by atoms with van der Waals surface area (Å²) in [5.74, 6) is 0.941. The summed E-state index contributed by atoms with van der Waals surface area (Å²) in [6, 6.07) is 11.8. The molecule has 25 heavy (non-hydrogen) atoms. The topological polar surface area (TPSA) is 39.9 Å². The third kappa shape index (κ3) is 4.33. The molecule has 0 unspecified atom stereocenters. The van der Waals surface area contributed by atoms with E-state index in [0.29, 0.717) is 33.4 Å². The molecule has 4 nitrogen and oxygen atoms in total. The van der Waals surface area contributed by atoms with E-state index in [9.17, 15) is 4.39 Å². The number of thioether (sulfide) groups is 1. The predicted molar refractivity (Wildman–Crippen MR) is 98.1 cm³/mol. The highest BCUT2D eigenvalue weighted by molar-refractivity contribution is 7.98. The zero-order valence-electron chi connectivity index (χ0n) is 13.2. The second-order valence-corrected chi connectivity index (χ2v) is 6.94. The van der Waals surface area contributed by atoms with E-state index in [2.05, 4.69) is 10.2 Å². The lowest BCUT2D eigenvalue weighted by Gasteiger charge is -2.11. The second-order valence-electron chi connectivity index (χ2n) is 5.18. The lowest BCUT2D eigenvalue weighted by molar-refractivity contribution is 0.176. The number of benzene rings is 2. The van der Waals surface area contributed by atoms with Crippen LogP contribution in [-0.4, -0.2) is 21.9 Å². The summed E-state index contributed by atoms with van der Waals surface area (Å²) >= 11 is 13.6. The fourth-order valence-electron chi connectivity index (χ4n) is 2.27. The molecule has 1 heterocycles. The molecule has 0 spiro atoms. The minimum atomic E-state index is -0.260. The lowest BCUT2D eigenvalue weighted by atomic mass is 10.2. The van der Waals surface area contributed by atoms with Crippen LogP contribution in [0.2, 0.25) is 10.0 Å². The molecular weight excluding hydrogens is 384 g/mol. The van der Waals surface area contributed by atoms with Gasteiger partial charge >= 0.3 is 0 Å². The summed E-state index contributed by atoms with van der Waals surface area (Å²) in [5, 5.41) is 9.98. The van der Waals surface area contributed by atoms with Crippen LogP contribution in [0.5, 0.6) is 0 Å². The van der Waals surface area contributed by atoms with Gasteiger partial charge in [0.2, 0.25) is 0 Å². The Labute approximate surface area is 158 Å². The molecule has 0 atom stereocenters. The van der Waals surface area contributed by atoms with Gasteiger partial charge in [0, 0.05) is 12.9 Å². The van der Waals surface area contributed by atoms with E-state index in [-0.39, 0.29) is 5.82 Å². The van der Waals surface area contributed by atoms with Crippen molar-refractivity contribution in [3.05, 3.63) is 69.7 Å². The van der Waals surface area contributed by atoms with Gasteiger partial charge in [-0.05, 0) is 35.9 Å². The predicted octanol–water partition coefficient (Wildman–Crippen LogP) is 5.15.